The first kappa shape index (κ1) is 14.9. The van der Waals surface area contributed by atoms with Crippen molar-refractivity contribution in [2.75, 3.05) is 6.54 Å². The van der Waals surface area contributed by atoms with Crippen molar-refractivity contribution in [1.82, 2.24) is 4.90 Å². The van der Waals surface area contributed by atoms with Gasteiger partial charge in [-0.2, -0.15) is 0 Å². The molecule has 1 heterocycles. The van der Waals surface area contributed by atoms with Crippen LogP contribution in [0.4, 0.5) is 0 Å². The van der Waals surface area contributed by atoms with Gasteiger partial charge in [-0.15, -0.1) is 0 Å². The zero-order valence-corrected chi connectivity index (χ0v) is 13.8. The van der Waals surface area contributed by atoms with Crippen molar-refractivity contribution in [2.45, 2.75) is 79.2 Å². The normalized spacial score (nSPS) is 33.3. The molecule has 0 radical (unpaired) electrons. The molecule has 0 spiro atoms. The largest absolute Gasteiger partial charge is 0.372 e. The van der Waals surface area contributed by atoms with Crippen LogP contribution in [0.1, 0.15) is 73.1 Å². The van der Waals surface area contributed by atoms with Gasteiger partial charge in [0.15, 0.2) is 0 Å². The molecular weight excluding hydrogens is 230 g/mol. The standard InChI is InChI=1S/C18H33N/c1-14(2)18(17(4,5)6)11-9-16(10-12-18)19-13-7-8-15(19)3/h14,16H,3,7-13H2,1-2,4-6H3. The van der Waals surface area contributed by atoms with E-state index in [1.54, 1.807) is 0 Å². The highest BCUT2D eigenvalue weighted by molar-refractivity contribution is 5.05. The Morgan fingerprint density at radius 1 is 1.21 bits per heavy atom. The van der Waals surface area contributed by atoms with Crippen molar-refractivity contribution < 1.29 is 0 Å². The van der Waals surface area contributed by atoms with E-state index in [2.05, 4.69) is 46.1 Å². The average Bonchev–Trinajstić information content (AvgIpc) is 2.74. The third-order valence-corrected chi connectivity index (χ3v) is 6.16. The Morgan fingerprint density at radius 3 is 2.16 bits per heavy atom. The Balaban J connectivity index is 2.06. The first-order valence-electron chi connectivity index (χ1n) is 8.22. The number of hydrogen-bond donors (Lipinski definition) is 0. The molecular formula is C18H33N. The van der Waals surface area contributed by atoms with Gasteiger partial charge in [0.05, 0.1) is 0 Å². The van der Waals surface area contributed by atoms with Crippen LogP contribution in [0.3, 0.4) is 0 Å². The van der Waals surface area contributed by atoms with Crippen molar-refractivity contribution in [1.29, 1.82) is 0 Å². The summed E-state index contributed by atoms with van der Waals surface area (Å²) in [5.41, 5.74) is 2.36. The van der Waals surface area contributed by atoms with Crippen LogP contribution in [-0.2, 0) is 0 Å². The highest BCUT2D eigenvalue weighted by Crippen LogP contribution is 2.55. The number of likely N-dealkylation sites (tertiary alicyclic amines) is 1. The topological polar surface area (TPSA) is 3.24 Å². The van der Waals surface area contributed by atoms with E-state index in [0.717, 1.165) is 12.0 Å². The minimum Gasteiger partial charge on any atom is -0.372 e. The summed E-state index contributed by atoms with van der Waals surface area (Å²) in [4.78, 5) is 2.62. The summed E-state index contributed by atoms with van der Waals surface area (Å²) in [5.74, 6) is 0.787. The lowest BCUT2D eigenvalue weighted by atomic mass is 9.54. The van der Waals surface area contributed by atoms with E-state index in [0.29, 0.717) is 10.8 Å². The van der Waals surface area contributed by atoms with Crippen molar-refractivity contribution >= 4 is 0 Å². The predicted octanol–water partition coefficient (Wildman–Crippen LogP) is 5.23. The minimum absolute atomic E-state index is 0.425. The van der Waals surface area contributed by atoms with Crippen molar-refractivity contribution in [3.05, 3.63) is 12.3 Å². The zero-order chi connectivity index (χ0) is 14.3. The van der Waals surface area contributed by atoms with Gasteiger partial charge in [0.2, 0.25) is 0 Å². The number of allylic oxidation sites excluding steroid dienone is 1. The quantitative estimate of drug-likeness (QED) is 0.659. The molecule has 2 rings (SSSR count). The summed E-state index contributed by atoms with van der Waals surface area (Å²) in [6.45, 7) is 17.7. The van der Waals surface area contributed by atoms with Gasteiger partial charge < -0.3 is 4.90 Å². The summed E-state index contributed by atoms with van der Waals surface area (Å²) in [5, 5.41) is 0. The van der Waals surface area contributed by atoms with Crippen molar-refractivity contribution in [3.63, 3.8) is 0 Å². The molecule has 0 N–H and O–H groups in total. The average molecular weight is 263 g/mol. The molecule has 0 aromatic heterocycles. The van der Waals surface area contributed by atoms with Crippen LogP contribution in [0, 0.1) is 16.7 Å². The highest BCUT2D eigenvalue weighted by Gasteiger charge is 2.47. The van der Waals surface area contributed by atoms with Gasteiger partial charge >= 0.3 is 0 Å². The van der Waals surface area contributed by atoms with Gasteiger partial charge in [-0.05, 0) is 55.3 Å². The van der Waals surface area contributed by atoms with Crippen LogP contribution in [0.15, 0.2) is 12.3 Å². The second kappa shape index (κ2) is 5.14. The van der Waals surface area contributed by atoms with Crippen LogP contribution >= 0.6 is 0 Å². The first-order chi connectivity index (χ1) is 8.78. The second-order valence-corrected chi connectivity index (χ2v) is 8.16. The molecule has 1 aliphatic heterocycles. The molecule has 1 nitrogen and oxygen atoms in total. The monoisotopic (exact) mass is 263 g/mol. The molecule has 0 bridgehead atoms. The lowest BCUT2D eigenvalue weighted by Gasteiger charge is -2.53. The van der Waals surface area contributed by atoms with Gasteiger partial charge in [0.25, 0.3) is 0 Å². The van der Waals surface area contributed by atoms with Gasteiger partial charge in [0.1, 0.15) is 0 Å². The Bertz CT molecular complexity index is 326. The maximum Gasteiger partial charge on any atom is 0.0287 e. The summed E-state index contributed by atoms with van der Waals surface area (Å²) in [7, 11) is 0. The lowest BCUT2D eigenvalue weighted by molar-refractivity contribution is -0.0270. The fourth-order valence-electron chi connectivity index (χ4n) is 4.82. The fourth-order valence-corrected chi connectivity index (χ4v) is 4.82. The third-order valence-electron chi connectivity index (χ3n) is 6.16. The fraction of sp³-hybridized carbons (Fsp3) is 0.889. The van der Waals surface area contributed by atoms with Crippen molar-refractivity contribution in [3.8, 4) is 0 Å². The Hall–Kier alpha value is -0.460. The number of hydrogen-bond acceptors (Lipinski definition) is 1. The maximum atomic E-state index is 4.26. The number of rotatable bonds is 2. The van der Waals surface area contributed by atoms with E-state index in [1.165, 1.54) is 50.8 Å². The highest BCUT2D eigenvalue weighted by atomic mass is 15.2. The Kier molecular flexibility index (Phi) is 4.05. The SMILES string of the molecule is C=C1CCCN1C1CCC(C(C)C)(C(C)(C)C)CC1. The molecule has 1 saturated carbocycles. The van der Waals surface area contributed by atoms with Gasteiger partial charge in [-0.3, -0.25) is 0 Å². The molecule has 0 amide bonds. The van der Waals surface area contributed by atoms with Gasteiger partial charge in [-0.25, -0.2) is 0 Å². The Labute approximate surface area is 120 Å². The summed E-state index contributed by atoms with van der Waals surface area (Å²) < 4.78 is 0. The molecule has 1 aliphatic carbocycles. The number of nitrogens with zero attached hydrogens (tertiary/aromatic N) is 1. The second-order valence-electron chi connectivity index (χ2n) is 8.16. The van der Waals surface area contributed by atoms with Crippen LogP contribution in [0.2, 0.25) is 0 Å². The molecule has 1 saturated heterocycles. The summed E-state index contributed by atoms with van der Waals surface area (Å²) in [6, 6.07) is 0.782. The van der Waals surface area contributed by atoms with E-state index in [4.69, 9.17) is 0 Å². The molecule has 0 aromatic carbocycles. The molecule has 2 fully saturated rings. The van der Waals surface area contributed by atoms with Gasteiger partial charge in [-0.1, -0.05) is 41.2 Å². The smallest absolute Gasteiger partial charge is 0.0287 e. The summed E-state index contributed by atoms with van der Waals surface area (Å²) in [6.07, 6.45) is 8.07. The molecule has 0 aromatic rings. The maximum absolute atomic E-state index is 4.26. The van der Waals surface area contributed by atoms with Crippen LogP contribution in [0.5, 0.6) is 0 Å². The first-order valence-corrected chi connectivity index (χ1v) is 8.22. The van der Waals surface area contributed by atoms with E-state index in [1.807, 2.05) is 0 Å². The van der Waals surface area contributed by atoms with E-state index >= 15 is 0 Å². The molecule has 0 atom stereocenters. The van der Waals surface area contributed by atoms with Crippen LogP contribution < -0.4 is 0 Å². The van der Waals surface area contributed by atoms with E-state index in [9.17, 15) is 0 Å². The predicted molar refractivity (Wildman–Crippen MR) is 84.1 cm³/mol. The minimum atomic E-state index is 0.425. The molecule has 2 aliphatic rings. The Morgan fingerprint density at radius 2 is 1.79 bits per heavy atom. The summed E-state index contributed by atoms with van der Waals surface area (Å²) >= 11 is 0. The van der Waals surface area contributed by atoms with Crippen molar-refractivity contribution in [2.24, 2.45) is 16.7 Å². The third kappa shape index (κ3) is 2.58. The lowest BCUT2D eigenvalue weighted by Crippen LogP contribution is -2.47. The van der Waals surface area contributed by atoms with E-state index in [-0.39, 0.29) is 0 Å². The molecule has 0 unspecified atom stereocenters. The molecule has 110 valence electrons. The van der Waals surface area contributed by atoms with Crippen LogP contribution in [-0.4, -0.2) is 17.5 Å². The zero-order valence-electron chi connectivity index (χ0n) is 13.8. The van der Waals surface area contributed by atoms with E-state index < -0.39 is 0 Å². The van der Waals surface area contributed by atoms with Crippen LogP contribution in [0.25, 0.3) is 0 Å². The molecule has 19 heavy (non-hydrogen) atoms. The van der Waals surface area contributed by atoms with Gasteiger partial charge in [0, 0.05) is 18.3 Å². The molecule has 1 heteroatoms.